The van der Waals surface area contributed by atoms with Crippen molar-refractivity contribution in [3.05, 3.63) is 58.1 Å². The molecular formula is C19H22N4O3. The minimum absolute atomic E-state index is 0.251. The maximum atomic E-state index is 13.0. The second-order valence-corrected chi connectivity index (χ2v) is 6.47. The number of likely N-dealkylation sites (N-methyl/N-ethyl adjacent to an activating group) is 1. The van der Waals surface area contributed by atoms with E-state index < -0.39 is 5.97 Å². The molecule has 7 nitrogen and oxygen atoms in total. The number of hydrogen-bond donors (Lipinski definition) is 0. The van der Waals surface area contributed by atoms with Crippen LogP contribution in [0.4, 0.5) is 0 Å². The number of aromatic nitrogens is 3. The summed E-state index contributed by atoms with van der Waals surface area (Å²) in [7, 11) is 5.26. The third-order valence-corrected chi connectivity index (χ3v) is 4.28. The van der Waals surface area contributed by atoms with Gasteiger partial charge in [0.1, 0.15) is 11.3 Å². The number of carbonyl (C=O) groups excluding carboxylic acids is 1. The molecule has 0 fully saturated rings. The molecule has 0 spiro atoms. The molecular weight excluding hydrogens is 332 g/mol. The smallest absolute Gasteiger partial charge is 0.341 e. The van der Waals surface area contributed by atoms with Crippen LogP contribution in [0.15, 0.2) is 41.5 Å². The maximum Gasteiger partial charge on any atom is 0.341 e. The molecule has 2 heterocycles. The molecule has 26 heavy (non-hydrogen) atoms. The van der Waals surface area contributed by atoms with Gasteiger partial charge in [-0.1, -0.05) is 18.2 Å². The Kier molecular flexibility index (Phi) is 4.90. The molecule has 0 N–H and O–H groups in total. The SMILES string of the molecule is COC(=O)c1cn(CCN(C)C)cc2c(=O)n(-c3ccccc3C)nc1-2. The predicted octanol–water partition coefficient (Wildman–Crippen LogP) is 1.80. The van der Waals surface area contributed by atoms with E-state index in [4.69, 9.17) is 4.74 Å². The van der Waals surface area contributed by atoms with Crippen LogP contribution in [0.5, 0.6) is 0 Å². The average molecular weight is 354 g/mol. The van der Waals surface area contributed by atoms with Crippen LogP contribution < -0.4 is 5.56 Å². The number of rotatable bonds is 5. The van der Waals surface area contributed by atoms with E-state index in [1.165, 1.54) is 11.8 Å². The summed E-state index contributed by atoms with van der Waals surface area (Å²) in [6.07, 6.45) is 3.43. The Morgan fingerprint density at radius 3 is 2.62 bits per heavy atom. The summed E-state index contributed by atoms with van der Waals surface area (Å²) < 4.78 is 8.07. The maximum absolute atomic E-state index is 13.0. The zero-order chi connectivity index (χ0) is 18.8. The van der Waals surface area contributed by atoms with Gasteiger partial charge in [-0.05, 0) is 32.6 Å². The van der Waals surface area contributed by atoms with Gasteiger partial charge >= 0.3 is 5.97 Å². The molecule has 0 unspecified atom stereocenters. The predicted molar refractivity (Wildman–Crippen MR) is 99.1 cm³/mol. The third-order valence-electron chi connectivity index (χ3n) is 4.28. The molecule has 1 aromatic carbocycles. The number of hydrogen-bond acceptors (Lipinski definition) is 5. The van der Waals surface area contributed by atoms with Crippen molar-refractivity contribution in [2.24, 2.45) is 0 Å². The van der Waals surface area contributed by atoms with Gasteiger partial charge in [-0.3, -0.25) is 4.79 Å². The van der Waals surface area contributed by atoms with E-state index >= 15 is 0 Å². The normalized spacial score (nSPS) is 11.3. The van der Waals surface area contributed by atoms with Gasteiger partial charge in [-0.15, -0.1) is 0 Å². The lowest BCUT2D eigenvalue weighted by Crippen LogP contribution is -2.20. The Bertz CT molecular complexity index is 971. The molecule has 0 radical (unpaired) electrons. The molecule has 0 bridgehead atoms. The Balaban J connectivity index is 2.21. The highest BCUT2D eigenvalue weighted by molar-refractivity contribution is 5.96. The lowest BCUT2D eigenvalue weighted by atomic mass is 10.1. The Morgan fingerprint density at radius 1 is 1.23 bits per heavy atom. The van der Waals surface area contributed by atoms with Gasteiger partial charge in [0.2, 0.25) is 0 Å². The number of carbonyl (C=O) groups is 1. The summed E-state index contributed by atoms with van der Waals surface area (Å²) in [5, 5.41) is 4.43. The van der Waals surface area contributed by atoms with E-state index in [2.05, 4.69) is 5.10 Å². The molecule has 1 aromatic rings. The average Bonchev–Trinajstić information content (AvgIpc) is 2.96. The molecule has 136 valence electrons. The van der Waals surface area contributed by atoms with Crippen LogP contribution in [0.1, 0.15) is 15.9 Å². The quantitative estimate of drug-likeness (QED) is 0.654. The van der Waals surface area contributed by atoms with Crippen molar-refractivity contribution in [3.63, 3.8) is 0 Å². The van der Waals surface area contributed by atoms with E-state index in [-0.39, 0.29) is 11.1 Å². The first-order valence-corrected chi connectivity index (χ1v) is 8.34. The fraction of sp³-hybridized carbons (Fsp3) is 0.316. The van der Waals surface area contributed by atoms with E-state index in [1.807, 2.05) is 54.8 Å². The summed E-state index contributed by atoms with van der Waals surface area (Å²) in [6, 6.07) is 7.51. The minimum Gasteiger partial charge on any atom is -0.465 e. The highest BCUT2D eigenvalue weighted by Crippen LogP contribution is 2.23. The van der Waals surface area contributed by atoms with Crippen molar-refractivity contribution in [1.82, 2.24) is 19.2 Å². The number of para-hydroxylation sites is 1. The first-order chi connectivity index (χ1) is 12.4. The number of ether oxygens (including phenoxy) is 1. The number of pyridine rings is 1. The summed E-state index contributed by atoms with van der Waals surface area (Å²) in [5.41, 5.74) is 2.41. The number of methoxy groups -OCH3 is 1. The fourth-order valence-electron chi connectivity index (χ4n) is 2.83. The van der Waals surface area contributed by atoms with Crippen LogP contribution >= 0.6 is 0 Å². The topological polar surface area (TPSA) is 69.4 Å². The summed E-state index contributed by atoms with van der Waals surface area (Å²) in [5.74, 6) is -0.511. The van der Waals surface area contributed by atoms with E-state index in [0.717, 1.165) is 12.1 Å². The fourth-order valence-corrected chi connectivity index (χ4v) is 2.83. The third kappa shape index (κ3) is 3.25. The largest absolute Gasteiger partial charge is 0.465 e. The van der Waals surface area contributed by atoms with Crippen molar-refractivity contribution < 1.29 is 9.53 Å². The Labute approximate surface area is 151 Å². The summed E-state index contributed by atoms with van der Waals surface area (Å²) in [4.78, 5) is 27.2. The molecule has 7 heteroatoms. The van der Waals surface area contributed by atoms with Gasteiger partial charge in [-0.25, -0.2) is 4.79 Å². The van der Waals surface area contributed by atoms with E-state index in [0.29, 0.717) is 23.5 Å². The lowest BCUT2D eigenvalue weighted by Gasteiger charge is -2.14. The molecule has 2 aliphatic rings. The number of benzene rings is 1. The number of fused-ring (bicyclic) bond motifs is 1. The lowest BCUT2D eigenvalue weighted by molar-refractivity contribution is 0.0600. The Hall–Kier alpha value is -2.93. The molecule has 0 atom stereocenters. The van der Waals surface area contributed by atoms with Crippen molar-refractivity contribution in [1.29, 1.82) is 0 Å². The van der Waals surface area contributed by atoms with Crippen molar-refractivity contribution >= 4 is 5.97 Å². The van der Waals surface area contributed by atoms with E-state index in [1.54, 1.807) is 12.4 Å². The molecule has 3 rings (SSSR count). The van der Waals surface area contributed by atoms with Gasteiger partial charge < -0.3 is 14.2 Å². The number of nitrogens with zero attached hydrogens (tertiary/aromatic N) is 4. The second-order valence-electron chi connectivity index (χ2n) is 6.47. The second kappa shape index (κ2) is 7.13. The molecule has 0 saturated carbocycles. The summed E-state index contributed by atoms with van der Waals surface area (Å²) in [6.45, 7) is 3.33. The zero-order valence-electron chi connectivity index (χ0n) is 15.4. The van der Waals surface area contributed by atoms with Crippen LogP contribution in [0, 0.1) is 6.92 Å². The molecule has 2 aliphatic heterocycles. The van der Waals surface area contributed by atoms with Gasteiger partial charge in [0.25, 0.3) is 5.56 Å². The van der Waals surface area contributed by atoms with Gasteiger partial charge in [0.05, 0.1) is 18.4 Å². The van der Waals surface area contributed by atoms with Gasteiger partial charge in [0.15, 0.2) is 0 Å². The zero-order valence-corrected chi connectivity index (χ0v) is 15.4. The number of aryl methyl sites for hydroxylation is 1. The van der Waals surface area contributed by atoms with Crippen molar-refractivity contribution in [2.75, 3.05) is 27.7 Å². The standard InChI is InChI=1S/C19H22N4O3/c1-13-7-5-6-8-16(13)23-18(24)14-11-22(10-9-21(2)3)12-15(17(14)20-23)19(25)26-4/h5-8,11-12H,9-10H2,1-4H3. The van der Waals surface area contributed by atoms with Gasteiger partial charge in [0, 0.05) is 25.5 Å². The van der Waals surface area contributed by atoms with Crippen LogP contribution in [0.2, 0.25) is 0 Å². The molecule has 0 aliphatic carbocycles. The van der Waals surface area contributed by atoms with Crippen molar-refractivity contribution in [2.45, 2.75) is 13.5 Å². The monoisotopic (exact) mass is 354 g/mol. The highest BCUT2D eigenvalue weighted by Gasteiger charge is 2.25. The molecule has 0 saturated heterocycles. The first-order valence-electron chi connectivity index (χ1n) is 8.34. The number of esters is 1. The first kappa shape index (κ1) is 17.9. The van der Waals surface area contributed by atoms with Crippen molar-refractivity contribution in [3.8, 4) is 16.9 Å². The minimum atomic E-state index is -0.511. The van der Waals surface area contributed by atoms with Crippen LogP contribution in [-0.2, 0) is 11.3 Å². The van der Waals surface area contributed by atoms with Crippen LogP contribution in [0.3, 0.4) is 0 Å². The summed E-state index contributed by atoms with van der Waals surface area (Å²) >= 11 is 0. The van der Waals surface area contributed by atoms with Crippen LogP contribution in [-0.4, -0.2) is 53.0 Å². The highest BCUT2D eigenvalue weighted by atomic mass is 16.5. The van der Waals surface area contributed by atoms with E-state index in [9.17, 15) is 9.59 Å². The van der Waals surface area contributed by atoms with Crippen LogP contribution in [0.25, 0.3) is 16.9 Å². The molecule has 0 amide bonds. The molecule has 0 aromatic heterocycles. The van der Waals surface area contributed by atoms with Gasteiger partial charge in [-0.2, -0.15) is 9.78 Å². The Morgan fingerprint density at radius 2 is 1.96 bits per heavy atom.